The van der Waals surface area contributed by atoms with Gasteiger partial charge in [-0.1, -0.05) is 153 Å². The summed E-state index contributed by atoms with van der Waals surface area (Å²) < 4.78 is 4.87. The Labute approximate surface area is 343 Å². The summed E-state index contributed by atoms with van der Waals surface area (Å²) in [5.41, 5.74) is 19.9. The minimum atomic E-state index is -0.0626. The second-order valence-electron chi connectivity index (χ2n) is 16.6. The van der Waals surface area contributed by atoms with Gasteiger partial charge in [0.1, 0.15) is 0 Å². The quantitative estimate of drug-likeness (QED) is 0.166. The highest BCUT2D eigenvalue weighted by Crippen LogP contribution is 2.51. The first-order valence-electron chi connectivity index (χ1n) is 20.6. The van der Waals surface area contributed by atoms with Gasteiger partial charge < -0.3 is 9.13 Å². The lowest BCUT2D eigenvalue weighted by atomic mass is 9.82. The smallest absolute Gasteiger partial charge is 0.0544 e. The number of rotatable bonds is 5. The molecule has 11 aromatic rings. The highest BCUT2D eigenvalue weighted by Gasteiger charge is 2.36. The average Bonchev–Trinajstić information content (AvgIpc) is 3.88. The van der Waals surface area contributed by atoms with E-state index in [1.807, 2.05) is 0 Å². The minimum absolute atomic E-state index is 0.0626. The van der Waals surface area contributed by atoms with Crippen LogP contribution < -0.4 is 0 Å². The summed E-state index contributed by atoms with van der Waals surface area (Å²) in [6, 6.07) is 76.0. The molecule has 0 saturated heterocycles. The van der Waals surface area contributed by atoms with E-state index in [1.165, 1.54) is 105 Å². The van der Waals surface area contributed by atoms with Crippen molar-refractivity contribution in [2.75, 3.05) is 0 Å². The number of nitrogens with zero attached hydrogens (tertiary/aromatic N) is 2. The van der Waals surface area contributed by atoms with Gasteiger partial charge in [0.15, 0.2) is 0 Å². The molecule has 0 unspecified atom stereocenters. The Morgan fingerprint density at radius 2 is 0.729 bits per heavy atom. The van der Waals surface area contributed by atoms with Crippen molar-refractivity contribution >= 4 is 43.6 Å². The van der Waals surface area contributed by atoms with Crippen molar-refractivity contribution in [2.24, 2.45) is 0 Å². The monoisotopic (exact) mass is 752 g/mol. The molecule has 0 aliphatic heterocycles. The van der Waals surface area contributed by atoms with E-state index in [0.717, 1.165) is 5.69 Å². The third kappa shape index (κ3) is 5.13. The minimum Gasteiger partial charge on any atom is -0.309 e. The summed E-state index contributed by atoms with van der Waals surface area (Å²) >= 11 is 0. The second-order valence-corrected chi connectivity index (χ2v) is 16.6. The lowest BCUT2D eigenvalue weighted by Crippen LogP contribution is -2.14. The molecule has 0 bridgehead atoms. The molecule has 0 fully saturated rings. The normalized spacial score (nSPS) is 13.1. The maximum absolute atomic E-state index is 2.46. The molecule has 0 radical (unpaired) electrons. The van der Waals surface area contributed by atoms with Crippen molar-refractivity contribution in [1.29, 1.82) is 0 Å². The predicted octanol–water partition coefficient (Wildman–Crippen LogP) is 15.2. The standard InChI is InChI=1S/C57H40N2/c1-57(2)51-19-11-9-17-45(51)47-35-50-46-18-10-12-20-53(46)59(56(50)36-52(47)57)44-29-23-40(24-30-44)39-21-27-43(28-22-39)58-54-31-25-41(37-13-5-3-6-14-37)33-48(54)49-34-42(26-32-55(49)58)38-15-7-4-8-16-38/h3-36H,1-2H3. The zero-order valence-electron chi connectivity index (χ0n) is 33.0. The van der Waals surface area contributed by atoms with E-state index in [9.17, 15) is 0 Å². The number of benzene rings is 9. The zero-order chi connectivity index (χ0) is 39.2. The maximum Gasteiger partial charge on any atom is 0.0544 e. The van der Waals surface area contributed by atoms with Crippen LogP contribution in [0.4, 0.5) is 0 Å². The van der Waals surface area contributed by atoms with Gasteiger partial charge in [-0.15, -0.1) is 0 Å². The molecular formula is C57H40N2. The first kappa shape index (κ1) is 33.7. The molecule has 2 aromatic heterocycles. The summed E-state index contributed by atoms with van der Waals surface area (Å²) in [7, 11) is 0. The third-order valence-electron chi connectivity index (χ3n) is 12.9. The Hall–Kier alpha value is -7.42. The number of aromatic nitrogens is 2. The molecule has 1 aliphatic rings. The van der Waals surface area contributed by atoms with Crippen molar-refractivity contribution in [2.45, 2.75) is 19.3 Å². The molecule has 0 saturated carbocycles. The van der Waals surface area contributed by atoms with Crippen LogP contribution >= 0.6 is 0 Å². The predicted molar refractivity (Wildman–Crippen MR) is 249 cm³/mol. The van der Waals surface area contributed by atoms with Gasteiger partial charge in [-0.3, -0.25) is 0 Å². The molecular weight excluding hydrogens is 713 g/mol. The molecule has 2 heteroatoms. The fourth-order valence-electron chi connectivity index (χ4n) is 9.97. The van der Waals surface area contributed by atoms with Crippen LogP contribution in [0.5, 0.6) is 0 Å². The molecule has 9 aromatic carbocycles. The summed E-state index contributed by atoms with van der Waals surface area (Å²) in [6.45, 7) is 4.72. The molecule has 0 spiro atoms. The SMILES string of the molecule is CC1(C)c2ccccc2-c2cc3c4ccccc4n(-c4ccc(-c5ccc(-n6c7ccc(-c8ccccc8)cc7c7cc(-c8ccccc8)ccc76)cc5)cc4)c3cc21. The van der Waals surface area contributed by atoms with Gasteiger partial charge >= 0.3 is 0 Å². The topological polar surface area (TPSA) is 9.86 Å². The van der Waals surface area contributed by atoms with E-state index >= 15 is 0 Å². The van der Waals surface area contributed by atoms with Crippen LogP contribution in [0.2, 0.25) is 0 Å². The fraction of sp³-hybridized carbons (Fsp3) is 0.0526. The van der Waals surface area contributed by atoms with E-state index in [1.54, 1.807) is 0 Å². The van der Waals surface area contributed by atoms with Crippen LogP contribution in [0, 0.1) is 0 Å². The molecule has 2 heterocycles. The molecule has 2 nitrogen and oxygen atoms in total. The summed E-state index contributed by atoms with van der Waals surface area (Å²) in [5, 5.41) is 5.08. The summed E-state index contributed by atoms with van der Waals surface area (Å²) in [4.78, 5) is 0. The second kappa shape index (κ2) is 12.8. The summed E-state index contributed by atoms with van der Waals surface area (Å²) in [5.74, 6) is 0. The van der Waals surface area contributed by atoms with Gasteiger partial charge in [-0.05, 0) is 122 Å². The lowest BCUT2D eigenvalue weighted by molar-refractivity contribution is 0.661. The van der Waals surface area contributed by atoms with Crippen LogP contribution in [-0.4, -0.2) is 9.13 Å². The number of hydrogen-bond acceptors (Lipinski definition) is 0. The molecule has 0 N–H and O–H groups in total. The van der Waals surface area contributed by atoms with Gasteiger partial charge in [0, 0.05) is 38.3 Å². The van der Waals surface area contributed by atoms with Gasteiger partial charge in [-0.25, -0.2) is 0 Å². The molecule has 59 heavy (non-hydrogen) atoms. The molecule has 1 aliphatic carbocycles. The van der Waals surface area contributed by atoms with Crippen molar-refractivity contribution < 1.29 is 0 Å². The molecule has 0 amide bonds. The maximum atomic E-state index is 2.46. The Morgan fingerprint density at radius 1 is 0.288 bits per heavy atom. The Kier molecular flexibility index (Phi) is 7.31. The van der Waals surface area contributed by atoms with Crippen LogP contribution in [0.15, 0.2) is 206 Å². The van der Waals surface area contributed by atoms with E-state index in [0.29, 0.717) is 0 Å². The fourth-order valence-corrected chi connectivity index (χ4v) is 9.97. The van der Waals surface area contributed by atoms with E-state index in [4.69, 9.17) is 0 Å². The van der Waals surface area contributed by atoms with E-state index in [-0.39, 0.29) is 5.41 Å². The third-order valence-corrected chi connectivity index (χ3v) is 12.9. The number of hydrogen-bond donors (Lipinski definition) is 0. The first-order chi connectivity index (χ1) is 29.0. The summed E-state index contributed by atoms with van der Waals surface area (Å²) in [6.07, 6.45) is 0. The molecule has 12 rings (SSSR count). The van der Waals surface area contributed by atoms with Crippen molar-refractivity contribution in [1.82, 2.24) is 9.13 Å². The van der Waals surface area contributed by atoms with Gasteiger partial charge in [0.25, 0.3) is 0 Å². The van der Waals surface area contributed by atoms with Crippen LogP contribution in [0.1, 0.15) is 25.0 Å². The Morgan fingerprint density at radius 3 is 1.32 bits per heavy atom. The zero-order valence-corrected chi connectivity index (χ0v) is 33.0. The Balaban J connectivity index is 0.937. The Bertz CT molecular complexity index is 3320. The van der Waals surface area contributed by atoms with E-state index < -0.39 is 0 Å². The first-order valence-corrected chi connectivity index (χ1v) is 20.6. The number of para-hydroxylation sites is 1. The molecule has 0 atom stereocenters. The van der Waals surface area contributed by atoms with Crippen molar-refractivity contribution in [3.05, 3.63) is 217 Å². The van der Waals surface area contributed by atoms with Crippen LogP contribution in [0.3, 0.4) is 0 Å². The lowest BCUT2D eigenvalue weighted by Gasteiger charge is -2.21. The van der Waals surface area contributed by atoms with Gasteiger partial charge in [0.05, 0.1) is 22.1 Å². The van der Waals surface area contributed by atoms with Crippen molar-refractivity contribution in [3.63, 3.8) is 0 Å². The number of fused-ring (bicyclic) bond motifs is 9. The van der Waals surface area contributed by atoms with Crippen LogP contribution in [0.25, 0.3) is 99.5 Å². The van der Waals surface area contributed by atoms with Crippen molar-refractivity contribution in [3.8, 4) is 55.9 Å². The van der Waals surface area contributed by atoms with E-state index in [2.05, 4.69) is 229 Å². The highest BCUT2D eigenvalue weighted by molar-refractivity contribution is 6.13. The van der Waals surface area contributed by atoms with Gasteiger partial charge in [-0.2, -0.15) is 0 Å². The highest BCUT2D eigenvalue weighted by atomic mass is 15.0. The van der Waals surface area contributed by atoms with Gasteiger partial charge in [0.2, 0.25) is 0 Å². The largest absolute Gasteiger partial charge is 0.309 e. The molecule has 278 valence electrons. The van der Waals surface area contributed by atoms with Crippen LogP contribution in [-0.2, 0) is 5.41 Å². The average molecular weight is 753 g/mol.